The summed E-state index contributed by atoms with van der Waals surface area (Å²) in [5.41, 5.74) is 14.2. The van der Waals surface area contributed by atoms with Crippen LogP contribution in [-0.4, -0.2) is 39.0 Å². The topological polar surface area (TPSA) is 100 Å². The highest BCUT2D eigenvalue weighted by Gasteiger charge is 2.25. The lowest BCUT2D eigenvalue weighted by atomic mass is 10.0. The van der Waals surface area contributed by atoms with Crippen molar-refractivity contribution < 1.29 is 4.42 Å². The molecule has 22 rings (SSSR count). The molecule has 0 saturated carbocycles. The van der Waals surface area contributed by atoms with Crippen molar-refractivity contribution in [2.45, 2.75) is 0 Å². The molecule has 0 bridgehead atoms. The lowest BCUT2D eigenvalue weighted by Crippen LogP contribution is -2.01. The van der Waals surface area contributed by atoms with Crippen molar-refractivity contribution in [2.24, 2.45) is 0 Å². The Morgan fingerprint density at radius 1 is 0.216 bits per heavy atom. The van der Waals surface area contributed by atoms with Crippen LogP contribution in [0.2, 0.25) is 0 Å². The lowest BCUT2D eigenvalue weighted by molar-refractivity contribution is 0.669. The number of thiophene rings is 3. The number of para-hydroxylation sites is 3. The van der Waals surface area contributed by atoms with Crippen molar-refractivity contribution in [2.75, 3.05) is 0 Å². The fourth-order valence-corrected chi connectivity index (χ4v) is 18.5. The summed E-state index contributed by atoms with van der Waals surface area (Å²) in [5, 5.41) is 14.4. The molecular weight excluding hydrogens is 1310 g/mol. The first-order valence-electron chi connectivity index (χ1n) is 33.9. The van der Waals surface area contributed by atoms with Gasteiger partial charge in [-0.15, -0.1) is 34.0 Å². The summed E-state index contributed by atoms with van der Waals surface area (Å²) in [6, 6.07) is 111. The molecule has 0 fully saturated rings. The average Bonchev–Trinajstić information content (AvgIpc) is 1.56. The van der Waals surface area contributed by atoms with Gasteiger partial charge in [-0.3, -0.25) is 0 Å². The zero-order valence-corrected chi connectivity index (χ0v) is 56.7. The molecule has 0 saturated heterocycles. The molecular formula is C90H52N8OS3. The maximum atomic E-state index is 6.42. The first-order valence-corrected chi connectivity index (χ1v) is 36.3. The quantitative estimate of drug-likeness (QED) is 0.149. The van der Waals surface area contributed by atoms with E-state index in [1.54, 1.807) is 11.3 Å². The number of hydrogen-bond donors (Lipinski definition) is 0. The van der Waals surface area contributed by atoms with Crippen LogP contribution in [0.1, 0.15) is 0 Å². The molecule has 0 aliphatic heterocycles. The molecule has 0 N–H and O–H groups in total. The van der Waals surface area contributed by atoms with Gasteiger partial charge in [0.25, 0.3) is 0 Å². The number of benzene rings is 14. The number of fused-ring (bicyclic) bond motifs is 18. The first kappa shape index (κ1) is 58.2. The third kappa shape index (κ3) is 9.49. The Morgan fingerprint density at radius 2 is 0.569 bits per heavy atom. The molecule has 8 aromatic heterocycles. The Kier molecular flexibility index (Phi) is 13.3. The largest absolute Gasteiger partial charge is 0.456 e. The van der Waals surface area contributed by atoms with Gasteiger partial charge in [0.2, 0.25) is 0 Å². The smallest absolute Gasteiger partial charge is 0.164 e. The van der Waals surface area contributed by atoms with Crippen LogP contribution < -0.4 is 0 Å². The van der Waals surface area contributed by atoms with E-state index in [0.29, 0.717) is 34.9 Å². The van der Waals surface area contributed by atoms with E-state index in [4.69, 9.17) is 34.3 Å². The van der Waals surface area contributed by atoms with Crippen molar-refractivity contribution in [1.82, 2.24) is 39.0 Å². The highest BCUT2D eigenvalue weighted by molar-refractivity contribution is 7.26. The number of furan rings is 1. The van der Waals surface area contributed by atoms with Crippen molar-refractivity contribution in [3.05, 3.63) is 315 Å². The molecule has 0 radical (unpaired) electrons. The van der Waals surface area contributed by atoms with Crippen LogP contribution in [0.15, 0.2) is 320 Å². The van der Waals surface area contributed by atoms with Crippen molar-refractivity contribution in [1.29, 1.82) is 0 Å². The Labute approximate surface area is 594 Å². The molecule has 12 heteroatoms. The molecule has 0 unspecified atom stereocenters. The summed E-state index contributed by atoms with van der Waals surface area (Å²) in [7, 11) is 0. The van der Waals surface area contributed by atoms with Crippen LogP contribution in [0.25, 0.3) is 206 Å². The molecule has 0 aliphatic carbocycles. The SMILES string of the molecule is c1ccc(-c2nc(-c3ccccc3)nc(-c3cc(-n4c5ccccc5c5cc6c(cc54)oc4ccccc46)cc4sc5ccccc5c34)n2)cc1.c1ccc(-c2nc(-c3ccccc3)nc(-c3cc(-n4c5ccccc5c5cc6c(cc54)sc4ccccc46)cc4sc5ccccc5c34)n2)cc1. The fourth-order valence-electron chi connectivity index (χ4n) is 15.1. The molecule has 476 valence electrons. The average molecular weight is 1360 g/mol. The van der Waals surface area contributed by atoms with Gasteiger partial charge >= 0.3 is 0 Å². The Hall–Kier alpha value is -12.8. The summed E-state index contributed by atoms with van der Waals surface area (Å²) in [5.74, 6) is 3.89. The Morgan fingerprint density at radius 3 is 1.04 bits per heavy atom. The van der Waals surface area contributed by atoms with Gasteiger partial charge in [-0.2, -0.15) is 0 Å². The second kappa shape index (κ2) is 23.4. The molecule has 9 nitrogen and oxygen atoms in total. The van der Waals surface area contributed by atoms with Crippen molar-refractivity contribution in [3.63, 3.8) is 0 Å². The first-order chi connectivity index (χ1) is 50.5. The van der Waals surface area contributed by atoms with E-state index in [0.717, 1.165) is 88.5 Å². The third-order valence-corrected chi connectivity index (χ3v) is 23.0. The van der Waals surface area contributed by atoms with E-state index in [2.05, 4.69) is 240 Å². The van der Waals surface area contributed by atoms with E-state index in [9.17, 15) is 0 Å². The minimum Gasteiger partial charge on any atom is -0.456 e. The van der Waals surface area contributed by atoms with E-state index in [1.165, 1.54) is 82.3 Å². The molecule has 14 aromatic carbocycles. The molecule has 0 spiro atoms. The highest BCUT2D eigenvalue weighted by atomic mass is 32.1. The summed E-state index contributed by atoms with van der Waals surface area (Å²) in [6.07, 6.45) is 0. The van der Waals surface area contributed by atoms with Crippen molar-refractivity contribution >= 4 is 160 Å². The molecule has 22 aromatic rings. The van der Waals surface area contributed by atoms with Gasteiger partial charge in [-0.25, -0.2) is 29.9 Å². The normalized spacial score (nSPS) is 11.9. The highest BCUT2D eigenvalue weighted by Crippen LogP contribution is 2.48. The van der Waals surface area contributed by atoms with Crippen LogP contribution in [0.3, 0.4) is 0 Å². The second-order valence-electron chi connectivity index (χ2n) is 25.6. The summed E-state index contributed by atoms with van der Waals surface area (Å²) in [4.78, 5) is 30.9. The van der Waals surface area contributed by atoms with Gasteiger partial charge in [-0.05, 0) is 78.9 Å². The fraction of sp³-hybridized carbons (Fsp3) is 0. The number of aromatic nitrogens is 8. The Balaban J connectivity index is 0.000000133. The molecule has 0 amide bonds. The predicted molar refractivity (Wildman–Crippen MR) is 427 cm³/mol. The van der Waals surface area contributed by atoms with Gasteiger partial charge in [0.15, 0.2) is 34.9 Å². The van der Waals surface area contributed by atoms with Gasteiger partial charge in [-0.1, -0.05) is 231 Å². The van der Waals surface area contributed by atoms with Crippen LogP contribution >= 0.6 is 34.0 Å². The van der Waals surface area contributed by atoms with Crippen LogP contribution in [-0.2, 0) is 0 Å². The van der Waals surface area contributed by atoms with E-state index in [1.807, 2.05) is 108 Å². The zero-order chi connectivity index (χ0) is 66.9. The summed E-state index contributed by atoms with van der Waals surface area (Å²) < 4.78 is 18.6. The standard InChI is InChI=1S/C45H26N4OS.C45H26N4S2/c1-3-13-27(14-4-1)43-46-44(28-15-5-2-6-16-28)48-45(47-43)35-23-29(24-41-42(35)32-19-9-12-22-40(32)51-41)49-36-20-10-7-17-30(36)33-25-34-31-18-8-11-21-38(31)50-39(34)26-37(33)49;1-3-13-27(14-4-1)43-46-44(28-15-5-2-6-16-28)48-45(47-43)35-23-29(24-41-42(35)32-19-9-12-22-39(32)51-41)49-36-20-10-7-17-30(36)33-25-34-31-18-8-11-21-38(31)50-40(34)26-37(33)49/h2*1-26H. The summed E-state index contributed by atoms with van der Waals surface area (Å²) >= 11 is 5.47. The number of nitrogens with zero attached hydrogens (tertiary/aromatic N) is 8. The number of hydrogen-bond acceptors (Lipinski definition) is 10. The molecule has 0 atom stereocenters. The second-order valence-corrected chi connectivity index (χ2v) is 28.9. The number of rotatable bonds is 8. The van der Waals surface area contributed by atoms with Crippen LogP contribution in [0.5, 0.6) is 0 Å². The van der Waals surface area contributed by atoms with E-state index >= 15 is 0 Å². The van der Waals surface area contributed by atoms with Gasteiger partial charge in [0.1, 0.15) is 11.2 Å². The minimum atomic E-state index is 0.638. The molecule has 0 aliphatic rings. The lowest BCUT2D eigenvalue weighted by Gasteiger charge is -2.13. The van der Waals surface area contributed by atoms with E-state index < -0.39 is 0 Å². The Bertz CT molecular complexity index is 6590. The van der Waals surface area contributed by atoms with Crippen LogP contribution in [0.4, 0.5) is 0 Å². The molecule has 8 heterocycles. The molecule has 102 heavy (non-hydrogen) atoms. The van der Waals surface area contributed by atoms with Crippen LogP contribution in [0, 0.1) is 0 Å². The third-order valence-electron chi connectivity index (χ3n) is 19.7. The van der Waals surface area contributed by atoms with Crippen molar-refractivity contribution in [3.8, 4) is 79.7 Å². The zero-order valence-electron chi connectivity index (χ0n) is 54.2. The van der Waals surface area contributed by atoms with E-state index in [-0.39, 0.29) is 0 Å². The monoisotopic (exact) mass is 1360 g/mol. The summed E-state index contributed by atoms with van der Waals surface area (Å²) in [6.45, 7) is 0. The maximum absolute atomic E-state index is 6.42. The van der Waals surface area contributed by atoms with Gasteiger partial charge in [0.05, 0.1) is 22.1 Å². The van der Waals surface area contributed by atoms with Gasteiger partial charge in [0, 0.05) is 144 Å². The van der Waals surface area contributed by atoms with Gasteiger partial charge < -0.3 is 13.6 Å². The predicted octanol–water partition coefficient (Wildman–Crippen LogP) is 24.9. The maximum Gasteiger partial charge on any atom is 0.164 e. The minimum absolute atomic E-state index is 0.638.